The topological polar surface area (TPSA) is 80.3 Å². The van der Waals surface area contributed by atoms with Crippen molar-refractivity contribution < 1.29 is 14.6 Å². The number of rotatable bonds is 5. The fraction of sp³-hybridized carbons (Fsp3) is 0.933. The summed E-state index contributed by atoms with van der Waals surface area (Å²) >= 11 is 0. The number of aliphatic hydroxyl groups is 1. The second kappa shape index (κ2) is 7.96. The highest BCUT2D eigenvalue weighted by Crippen LogP contribution is 2.26. The van der Waals surface area contributed by atoms with Crippen molar-refractivity contribution in [3.8, 4) is 0 Å². The summed E-state index contributed by atoms with van der Waals surface area (Å²) in [6.07, 6.45) is 3.97. The van der Waals surface area contributed by atoms with E-state index in [2.05, 4.69) is 16.8 Å². The molecule has 0 aromatic rings. The minimum absolute atomic E-state index is 0.0335. The third-order valence-electron chi connectivity index (χ3n) is 4.54. The molecule has 2 fully saturated rings. The molecule has 0 aromatic heterocycles. The lowest BCUT2D eigenvalue weighted by molar-refractivity contribution is -0.111. The highest BCUT2D eigenvalue weighted by atomic mass is 16.5. The standard InChI is InChI=1S/C15H29N3O3/c1-13-2-6-18(7-3-13)14(16)17-12-15(21-11-8-19)4-9-20-10-5-15/h13,19H,2-12H2,1H3,(H2,16,17). The molecule has 6 nitrogen and oxygen atoms in total. The summed E-state index contributed by atoms with van der Waals surface area (Å²) in [7, 11) is 0. The van der Waals surface area contributed by atoms with Gasteiger partial charge < -0.3 is 25.2 Å². The number of aliphatic imine (C=N–C) groups is 1. The Morgan fingerprint density at radius 1 is 1.38 bits per heavy atom. The first-order valence-corrected chi connectivity index (χ1v) is 8.03. The van der Waals surface area contributed by atoms with E-state index in [1.54, 1.807) is 0 Å². The Balaban J connectivity index is 1.91. The van der Waals surface area contributed by atoms with Crippen molar-refractivity contribution in [2.75, 3.05) is 46.1 Å². The van der Waals surface area contributed by atoms with Crippen molar-refractivity contribution in [1.82, 2.24) is 4.90 Å². The van der Waals surface area contributed by atoms with Crippen molar-refractivity contribution in [1.29, 1.82) is 0 Å². The average molecular weight is 299 g/mol. The molecule has 2 saturated heterocycles. The minimum Gasteiger partial charge on any atom is -0.394 e. The number of piperidine rings is 1. The first-order chi connectivity index (χ1) is 10.2. The van der Waals surface area contributed by atoms with E-state index in [9.17, 15) is 0 Å². The van der Waals surface area contributed by atoms with Crippen molar-refractivity contribution >= 4 is 5.96 Å². The van der Waals surface area contributed by atoms with Gasteiger partial charge in [-0.05, 0) is 18.8 Å². The highest BCUT2D eigenvalue weighted by Gasteiger charge is 2.33. The molecule has 0 aromatic carbocycles. The maximum Gasteiger partial charge on any atom is 0.191 e. The SMILES string of the molecule is CC1CCN(C(N)=NCC2(OCCO)CCOCC2)CC1. The van der Waals surface area contributed by atoms with E-state index in [1.165, 1.54) is 12.8 Å². The Hall–Kier alpha value is -0.850. The van der Waals surface area contributed by atoms with E-state index in [1.807, 2.05) is 0 Å². The third kappa shape index (κ3) is 4.83. The van der Waals surface area contributed by atoms with Gasteiger partial charge in [0, 0.05) is 39.1 Å². The van der Waals surface area contributed by atoms with Gasteiger partial charge in [0.05, 0.1) is 25.4 Å². The van der Waals surface area contributed by atoms with Crippen molar-refractivity contribution in [3.05, 3.63) is 0 Å². The van der Waals surface area contributed by atoms with Gasteiger partial charge in [-0.2, -0.15) is 0 Å². The van der Waals surface area contributed by atoms with E-state index < -0.39 is 0 Å². The highest BCUT2D eigenvalue weighted by molar-refractivity contribution is 5.78. The zero-order valence-electron chi connectivity index (χ0n) is 13.1. The third-order valence-corrected chi connectivity index (χ3v) is 4.54. The first kappa shape index (κ1) is 16.5. The van der Waals surface area contributed by atoms with Crippen LogP contribution in [0.1, 0.15) is 32.6 Å². The summed E-state index contributed by atoms with van der Waals surface area (Å²) in [6, 6.07) is 0. The van der Waals surface area contributed by atoms with Crippen LogP contribution in [0.5, 0.6) is 0 Å². The second-order valence-corrected chi connectivity index (χ2v) is 6.21. The Morgan fingerprint density at radius 2 is 2.05 bits per heavy atom. The van der Waals surface area contributed by atoms with Crippen LogP contribution in [-0.4, -0.2) is 67.6 Å². The average Bonchev–Trinajstić information content (AvgIpc) is 2.52. The molecular formula is C15H29N3O3. The van der Waals surface area contributed by atoms with Crippen LogP contribution in [0.25, 0.3) is 0 Å². The second-order valence-electron chi connectivity index (χ2n) is 6.21. The van der Waals surface area contributed by atoms with Crippen LogP contribution < -0.4 is 5.73 Å². The molecule has 0 saturated carbocycles. The normalized spacial score (nSPS) is 24.3. The van der Waals surface area contributed by atoms with Gasteiger partial charge in [-0.3, -0.25) is 4.99 Å². The summed E-state index contributed by atoms with van der Waals surface area (Å²) in [5, 5.41) is 8.99. The summed E-state index contributed by atoms with van der Waals surface area (Å²) in [6.45, 7) is 6.56. The predicted molar refractivity (Wildman–Crippen MR) is 82.3 cm³/mol. The lowest BCUT2D eigenvalue weighted by Gasteiger charge is -2.36. The van der Waals surface area contributed by atoms with Gasteiger partial charge in [-0.1, -0.05) is 6.92 Å². The van der Waals surface area contributed by atoms with Crippen LogP contribution in [0.4, 0.5) is 0 Å². The molecular weight excluding hydrogens is 270 g/mol. The van der Waals surface area contributed by atoms with E-state index in [-0.39, 0.29) is 12.2 Å². The maximum absolute atomic E-state index is 8.99. The molecule has 2 aliphatic heterocycles. The fourth-order valence-corrected chi connectivity index (χ4v) is 2.92. The number of likely N-dealkylation sites (tertiary alicyclic amines) is 1. The lowest BCUT2D eigenvalue weighted by Crippen LogP contribution is -2.46. The van der Waals surface area contributed by atoms with Crippen molar-refractivity contribution in [2.45, 2.75) is 38.2 Å². The van der Waals surface area contributed by atoms with Gasteiger partial charge in [-0.15, -0.1) is 0 Å². The monoisotopic (exact) mass is 299 g/mol. The van der Waals surface area contributed by atoms with E-state index in [0.29, 0.717) is 32.3 Å². The molecule has 2 heterocycles. The van der Waals surface area contributed by atoms with E-state index in [0.717, 1.165) is 31.8 Å². The quantitative estimate of drug-likeness (QED) is 0.574. The van der Waals surface area contributed by atoms with Crippen molar-refractivity contribution in [2.24, 2.45) is 16.6 Å². The fourth-order valence-electron chi connectivity index (χ4n) is 2.92. The summed E-state index contributed by atoms with van der Waals surface area (Å²) in [5.41, 5.74) is 5.81. The van der Waals surface area contributed by atoms with Crippen LogP contribution in [0.15, 0.2) is 4.99 Å². The summed E-state index contributed by atoms with van der Waals surface area (Å²) in [4.78, 5) is 6.75. The molecule has 2 rings (SSSR count). The van der Waals surface area contributed by atoms with Gasteiger partial charge in [0.15, 0.2) is 5.96 Å². The van der Waals surface area contributed by atoms with Gasteiger partial charge in [0.1, 0.15) is 0 Å². The molecule has 0 spiro atoms. The Labute approximate surface area is 127 Å². The molecule has 3 N–H and O–H groups in total. The number of ether oxygens (including phenoxy) is 2. The molecule has 0 amide bonds. The molecule has 6 heteroatoms. The van der Waals surface area contributed by atoms with Crippen LogP contribution in [0.2, 0.25) is 0 Å². The maximum atomic E-state index is 8.99. The Bertz CT molecular complexity index is 335. The number of aliphatic hydroxyl groups excluding tert-OH is 1. The van der Waals surface area contributed by atoms with Crippen LogP contribution in [-0.2, 0) is 9.47 Å². The molecule has 122 valence electrons. The lowest BCUT2D eigenvalue weighted by atomic mass is 9.94. The zero-order valence-corrected chi connectivity index (χ0v) is 13.1. The molecule has 21 heavy (non-hydrogen) atoms. The molecule has 0 aliphatic carbocycles. The molecule has 2 aliphatic rings. The molecule has 0 unspecified atom stereocenters. The van der Waals surface area contributed by atoms with Gasteiger partial charge >= 0.3 is 0 Å². The van der Waals surface area contributed by atoms with Gasteiger partial charge in [-0.25, -0.2) is 0 Å². The van der Waals surface area contributed by atoms with Gasteiger partial charge in [0.2, 0.25) is 0 Å². The molecule has 0 atom stereocenters. The van der Waals surface area contributed by atoms with Crippen LogP contribution >= 0.6 is 0 Å². The van der Waals surface area contributed by atoms with E-state index in [4.69, 9.17) is 20.3 Å². The number of hydrogen-bond donors (Lipinski definition) is 2. The first-order valence-electron chi connectivity index (χ1n) is 8.03. The predicted octanol–water partition coefficient (Wildman–Crippen LogP) is 0.591. The number of nitrogens with zero attached hydrogens (tertiary/aromatic N) is 2. The Morgan fingerprint density at radius 3 is 2.67 bits per heavy atom. The Kier molecular flexibility index (Phi) is 6.26. The minimum atomic E-state index is -0.325. The molecule has 0 bridgehead atoms. The largest absolute Gasteiger partial charge is 0.394 e. The van der Waals surface area contributed by atoms with Gasteiger partial charge in [0.25, 0.3) is 0 Å². The van der Waals surface area contributed by atoms with Crippen molar-refractivity contribution in [3.63, 3.8) is 0 Å². The zero-order chi connectivity index (χ0) is 15.1. The van der Waals surface area contributed by atoms with Crippen LogP contribution in [0.3, 0.4) is 0 Å². The van der Waals surface area contributed by atoms with E-state index >= 15 is 0 Å². The van der Waals surface area contributed by atoms with Crippen LogP contribution in [0, 0.1) is 5.92 Å². The number of hydrogen-bond acceptors (Lipinski definition) is 4. The smallest absolute Gasteiger partial charge is 0.191 e. The number of guanidine groups is 1. The molecule has 0 radical (unpaired) electrons. The summed E-state index contributed by atoms with van der Waals surface area (Å²) in [5.74, 6) is 1.41. The summed E-state index contributed by atoms with van der Waals surface area (Å²) < 4.78 is 11.3. The number of nitrogens with two attached hydrogens (primary N) is 1.